The number of benzene rings is 3. The fourth-order valence-electron chi connectivity index (χ4n) is 5.88. The maximum Gasteiger partial charge on any atom is 0.283 e. The average molecular weight is 536 g/mol. The lowest BCUT2D eigenvalue weighted by Gasteiger charge is -2.42. The van der Waals surface area contributed by atoms with Crippen molar-refractivity contribution in [2.45, 2.75) is 37.8 Å². The summed E-state index contributed by atoms with van der Waals surface area (Å²) in [6.07, 6.45) is -6.18. The Balaban J connectivity index is 1.80. The minimum Gasteiger partial charge on any atom is -0.387 e. The van der Waals surface area contributed by atoms with E-state index in [1.165, 1.54) is 26.4 Å². The number of nitrogens with zero attached hydrogens (tertiary/aromatic N) is 3. The van der Waals surface area contributed by atoms with Gasteiger partial charge in [-0.25, -0.2) is 0 Å². The number of fused-ring (bicyclic) bond motifs is 7. The van der Waals surface area contributed by atoms with E-state index in [1.54, 1.807) is 41.8 Å². The minimum absolute atomic E-state index is 0.159. The normalized spacial score (nSPS) is 23.8. The topological polar surface area (TPSA) is 175 Å². The van der Waals surface area contributed by atoms with Crippen LogP contribution >= 0.6 is 0 Å². The van der Waals surface area contributed by atoms with Crippen molar-refractivity contribution in [1.29, 1.82) is 0 Å². The first-order valence-corrected chi connectivity index (χ1v) is 12.1. The predicted molar refractivity (Wildman–Crippen MR) is 141 cm³/mol. The summed E-state index contributed by atoms with van der Waals surface area (Å²) < 4.78 is 18.4. The van der Waals surface area contributed by atoms with Gasteiger partial charge in [0.15, 0.2) is 12.5 Å². The molecule has 0 amide bonds. The number of hydrogen-bond acceptors (Lipinski definition) is 9. The van der Waals surface area contributed by atoms with E-state index in [2.05, 4.69) is 4.98 Å². The number of nitrogens with one attached hydrogen (secondary N) is 1. The second-order valence-electron chi connectivity index (χ2n) is 9.52. The molecular weight excluding hydrogens is 512 g/mol. The van der Waals surface area contributed by atoms with Gasteiger partial charge in [-0.05, 0) is 19.1 Å². The molecule has 5 atom stereocenters. The maximum atomic E-state index is 12.6. The van der Waals surface area contributed by atoms with Crippen molar-refractivity contribution >= 4 is 55.0 Å². The first-order chi connectivity index (χ1) is 18.7. The number of nitro groups is 2. The molecule has 0 radical (unpaired) electrons. The fourth-order valence-corrected chi connectivity index (χ4v) is 5.88. The molecular formula is C26H24N4O9. The van der Waals surface area contributed by atoms with Crippen LogP contribution in [0.4, 0.5) is 11.4 Å². The Morgan fingerprint density at radius 3 is 2.38 bits per heavy atom. The third-order valence-corrected chi connectivity index (χ3v) is 7.57. The Labute approximate surface area is 219 Å². The van der Waals surface area contributed by atoms with Gasteiger partial charge in [0, 0.05) is 53.6 Å². The van der Waals surface area contributed by atoms with Crippen molar-refractivity contribution in [3.8, 4) is 0 Å². The van der Waals surface area contributed by atoms with Gasteiger partial charge in [0.1, 0.15) is 18.3 Å². The van der Waals surface area contributed by atoms with Gasteiger partial charge < -0.3 is 34.0 Å². The summed E-state index contributed by atoms with van der Waals surface area (Å²) in [6, 6.07) is 11.3. The lowest BCUT2D eigenvalue weighted by atomic mass is 10.00. The highest BCUT2D eigenvalue weighted by atomic mass is 16.7. The van der Waals surface area contributed by atoms with Crippen LogP contribution in [0.3, 0.4) is 0 Å². The molecule has 2 aromatic heterocycles. The highest BCUT2D eigenvalue weighted by Crippen LogP contribution is 2.47. The van der Waals surface area contributed by atoms with E-state index in [0.717, 1.165) is 0 Å². The molecule has 1 aliphatic heterocycles. The van der Waals surface area contributed by atoms with Gasteiger partial charge in [0.2, 0.25) is 0 Å². The Bertz CT molecular complexity index is 1810. The summed E-state index contributed by atoms with van der Waals surface area (Å²) in [4.78, 5) is 26.4. The standard InChI is InChI=1S/C26H24N4O9/c1-11-17-14-10-12(29(33)34)8-9-15(14)27-19(17)21-18(20(11)30(35)36)13-6-4-5-7-16(13)28(21)25-23(32)22(31)24(37-2)26(38-3)39-25/h4-10,22-27,31-32H,1-3H3/t22-,23-,24-,25?,26+/m0/s1. The number of para-hydroxylation sites is 1. The van der Waals surface area contributed by atoms with Crippen molar-refractivity contribution in [3.05, 3.63) is 68.3 Å². The second-order valence-corrected chi connectivity index (χ2v) is 9.52. The number of methoxy groups -OCH3 is 2. The fraction of sp³-hybridized carbons (Fsp3) is 0.308. The number of non-ortho nitro benzene ring substituents is 1. The van der Waals surface area contributed by atoms with Gasteiger partial charge in [0.05, 0.1) is 31.8 Å². The van der Waals surface area contributed by atoms with E-state index in [4.69, 9.17) is 14.2 Å². The molecule has 202 valence electrons. The van der Waals surface area contributed by atoms with Crippen LogP contribution in [0.15, 0.2) is 42.5 Å². The van der Waals surface area contributed by atoms with Crippen LogP contribution in [0.2, 0.25) is 0 Å². The van der Waals surface area contributed by atoms with Crippen molar-refractivity contribution in [1.82, 2.24) is 9.55 Å². The van der Waals surface area contributed by atoms with Gasteiger partial charge in [-0.1, -0.05) is 18.2 Å². The zero-order valence-electron chi connectivity index (χ0n) is 21.0. The first kappa shape index (κ1) is 25.2. The number of aryl methyl sites for hydroxylation is 1. The number of aliphatic hydroxyl groups excluding tert-OH is 2. The van der Waals surface area contributed by atoms with E-state index in [0.29, 0.717) is 49.2 Å². The summed E-state index contributed by atoms with van der Waals surface area (Å²) in [7, 11) is 2.73. The Kier molecular flexibility index (Phi) is 5.78. The highest BCUT2D eigenvalue weighted by Gasteiger charge is 2.47. The third kappa shape index (κ3) is 3.45. The van der Waals surface area contributed by atoms with E-state index in [-0.39, 0.29) is 11.4 Å². The summed E-state index contributed by atoms with van der Waals surface area (Å²) in [6.45, 7) is 1.61. The van der Waals surface area contributed by atoms with E-state index in [1.807, 2.05) is 0 Å². The van der Waals surface area contributed by atoms with Gasteiger partial charge in [-0.15, -0.1) is 0 Å². The third-order valence-electron chi connectivity index (χ3n) is 7.57. The van der Waals surface area contributed by atoms with E-state index < -0.39 is 40.7 Å². The summed E-state index contributed by atoms with van der Waals surface area (Å²) in [5, 5.41) is 47.9. The quantitative estimate of drug-likeness (QED) is 0.223. The minimum atomic E-state index is -1.50. The lowest BCUT2D eigenvalue weighted by Crippen LogP contribution is -2.56. The number of rotatable bonds is 5. The molecule has 1 fully saturated rings. The van der Waals surface area contributed by atoms with Crippen molar-refractivity contribution in [2.75, 3.05) is 14.2 Å². The van der Waals surface area contributed by atoms with Crippen LogP contribution < -0.4 is 0 Å². The Morgan fingerprint density at radius 2 is 1.72 bits per heavy atom. The van der Waals surface area contributed by atoms with E-state index >= 15 is 0 Å². The average Bonchev–Trinajstić information content (AvgIpc) is 3.46. The molecule has 0 bridgehead atoms. The molecule has 0 spiro atoms. The highest BCUT2D eigenvalue weighted by molar-refractivity contribution is 6.27. The number of H-pyrrole nitrogens is 1. The predicted octanol–water partition coefficient (Wildman–Crippen LogP) is 3.79. The number of nitro benzene ring substituents is 2. The van der Waals surface area contributed by atoms with Crippen LogP contribution in [0.5, 0.6) is 0 Å². The van der Waals surface area contributed by atoms with Crippen molar-refractivity contribution < 1.29 is 34.3 Å². The smallest absolute Gasteiger partial charge is 0.283 e. The largest absolute Gasteiger partial charge is 0.387 e. The molecule has 13 nitrogen and oxygen atoms in total. The van der Waals surface area contributed by atoms with Crippen LogP contribution in [-0.4, -0.2) is 68.4 Å². The number of ether oxygens (including phenoxy) is 3. The van der Waals surface area contributed by atoms with Crippen LogP contribution in [0.1, 0.15) is 11.8 Å². The summed E-state index contributed by atoms with van der Waals surface area (Å²) in [5.74, 6) is 0. The van der Waals surface area contributed by atoms with Crippen molar-refractivity contribution in [3.63, 3.8) is 0 Å². The van der Waals surface area contributed by atoms with Gasteiger partial charge in [-0.3, -0.25) is 20.2 Å². The molecule has 6 rings (SSSR count). The number of aromatic nitrogens is 2. The Morgan fingerprint density at radius 1 is 0.974 bits per heavy atom. The zero-order chi connectivity index (χ0) is 27.7. The molecule has 13 heteroatoms. The molecule has 1 aliphatic rings. The molecule has 39 heavy (non-hydrogen) atoms. The monoisotopic (exact) mass is 536 g/mol. The molecule has 3 N–H and O–H groups in total. The van der Waals surface area contributed by atoms with Gasteiger partial charge in [-0.2, -0.15) is 0 Å². The van der Waals surface area contributed by atoms with Crippen molar-refractivity contribution in [2.24, 2.45) is 0 Å². The van der Waals surface area contributed by atoms with Crippen LogP contribution in [-0.2, 0) is 14.2 Å². The maximum absolute atomic E-state index is 12.6. The number of aliphatic hydroxyl groups is 2. The SMILES string of the molecule is CO[C@@H]1OC(n2c3ccccc3c3c([N+](=O)[O-])c(C)c4c5cc([N+](=O)[O-])ccc5[nH]c4c32)[C@@H](O)[C@H](O)[C@@H]1OC. The molecule has 1 unspecified atom stereocenters. The molecule has 5 aromatic rings. The molecule has 0 saturated carbocycles. The first-order valence-electron chi connectivity index (χ1n) is 12.1. The Hall–Kier alpha value is -4.14. The van der Waals surface area contributed by atoms with E-state index in [9.17, 15) is 30.4 Å². The van der Waals surface area contributed by atoms with Crippen LogP contribution in [0, 0.1) is 27.2 Å². The number of aromatic amines is 1. The summed E-state index contributed by atoms with van der Waals surface area (Å²) >= 11 is 0. The zero-order valence-corrected chi connectivity index (χ0v) is 21.0. The van der Waals surface area contributed by atoms with Gasteiger partial charge >= 0.3 is 0 Å². The molecule has 3 heterocycles. The van der Waals surface area contributed by atoms with Crippen LogP contribution in [0.25, 0.3) is 43.6 Å². The number of hydrogen-bond donors (Lipinski definition) is 3. The summed E-state index contributed by atoms with van der Waals surface area (Å²) in [5.41, 5.74) is 1.84. The van der Waals surface area contributed by atoms with Gasteiger partial charge in [0.25, 0.3) is 11.4 Å². The second kappa shape index (κ2) is 8.97. The molecule has 3 aromatic carbocycles. The molecule has 1 saturated heterocycles. The lowest BCUT2D eigenvalue weighted by molar-refractivity contribution is -0.384. The molecule has 0 aliphatic carbocycles.